The van der Waals surface area contributed by atoms with E-state index in [0.717, 1.165) is 11.1 Å². The number of benzene rings is 2. The zero-order valence-electron chi connectivity index (χ0n) is 21.4. The van der Waals surface area contributed by atoms with Gasteiger partial charge < -0.3 is 34.3 Å². The molecular formula is C30H29N3O7. The van der Waals surface area contributed by atoms with Crippen molar-refractivity contribution in [2.45, 2.75) is 43.5 Å². The van der Waals surface area contributed by atoms with Gasteiger partial charge in [0.2, 0.25) is 12.2 Å². The number of ether oxygens (including phenoxy) is 2. The highest BCUT2D eigenvalue weighted by Gasteiger charge is 2.45. The molecule has 206 valence electrons. The van der Waals surface area contributed by atoms with Gasteiger partial charge in [0.15, 0.2) is 5.65 Å². The average molecular weight is 544 g/mol. The van der Waals surface area contributed by atoms with Crippen LogP contribution in [-0.2, 0) is 17.6 Å². The van der Waals surface area contributed by atoms with Crippen LogP contribution in [0.3, 0.4) is 0 Å². The molecule has 0 aliphatic carbocycles. The van der Waals surface area contributed by atoms with E-state index in [4.69, 9.17) is 23.9 Å². The summed E-state index contributed by atoms with van der Waals surface area (Å²) in [5.41, 5.74) is 4.36. The SMILES string of the molecule is OC[C@H]1O[C@H](Oc2c(Cc3ccco3)nc3c(Cc4ccccc4)nc(-c4ccccc4)cn23)[C@H](O)[C@@H](O)[C@@H]1O. The molecule has 0 unspecified atom stereocenters. The van der Waals surface area contributed by atoms with Crippen molar-refractivity contribution in [3.8, 4) is 17.1 Å². The van der Waals surface area contributed by atoms with Gasteiger partial charge in [-0.3, -0.25) is 4.40 Å². The molecule has 1 aliphatic rings. The maximum atomic E-state index is 10.7. The molecule has 10 heteroatoms. The Morgan fingerprint density at radius 2 is 1.55 bits per heavy atom. The van der Waals surface area contributed by atoms with Crippen LogP contribution in [0.25, 0.3) is 16.9 Å². The Kier molecular flexibility index (Phi) is 7.33. The minimum Gasteiger partial charge on any atom is -0.469 e. The number of aliphatic hydroxyl groups excluding tert-OH is 4. The first-order chi connectivity index (χ1) is 19.5. The van der Waals surface area contributed by atoms with Gasteiger partial charge in [-0.05, 0) is 17.7 Å². The van der Waals surface area contributed by atoms with Crippen LogP contribution in [0.2, 0.25) is 0 Å². The first-order valence-electron chi connectivity index (χ1n) is 13.0. The van der Waals surface area contributed by atoms with Crippen molar-refractivity contribution in [3.63, 3.8) is 0 Å². The highest BCUT2D eigenvalue weighted by molar-refractivity contribution is 5.63. The minimum absolute atomic E-state index is 0.254. The fraction of sp³-hybridized carbons (Fsp3) is 0.267. The number of hydrogen-bond acceptors (Lipinski definition) is 9. The molecule has 40 heavy (non-hydrogen) atoms. The van der Waals surface area contributed by atoms with E-state index in [2.05, 4.69) is 0 Å². The third-order valence-corrected chi connectivity index (χ3v) is 6.98. The number of imidazole rings is 1. The summed E-state index contributed by atoms with van der Waals surface area (Å²) in [5, 5.41) is 41.0. The summed E-state index contributed by atoms with van der Waals surface area (Å²) >= 11 is 0. The van der Waals surface area contributed by atoms with Crippen molar-refractivity contribution in [2.75, 3.05) is 6.61 Å². The molecule has 6 rings (SSSR count). The Bertz CT molecular complexity index is 1560. The van der Waals surface area contributed by atoms with Crippen molar-refractivity contribution in [3.05, 3.63) is 108 Å². The third kappa shape index (κ3) is 5.10. The van der Waals surface area contributed by atoms with E-state index in [0.29, 0.717) is 34.9 Å². The number of rotatable bonds is 8. The number of aliphatic hydroxyl groups is 4. The van der Waals surface area contributed by atoms with E-state index < -0.39 is 37.3 Å². The lowest BCUT2D eigenvalue weighted by atomic mass is 9.99. The molecule has 0 amide bonds. The van der Waals surface area contributed by atoms with E-state index in [1.165, 1.54) is 0 Å². The summed E-state index contributed by atoms with van der Waals surface area (Å²) in [5.74, 6) is 0.896. The Labute approximate surface area is 229 Å². The molecule has 5 atom stereocenters. The third-order valence-electron chi connectivity index (χ3n) is 6.98. The van der Waals surface area contributed by atoms with Gasteiger partial charge in [0, 0.05) is 18.2 Å². The first-order valence-corrected chi connectivity index (χ1v) is 13.0. The van der Waals surface area contributed by atoms with E-state index >= 15 is 0 Å². The second kappa shape index (κ2) is 11.2. The Morgan fingerprint density at radius 1 is 0.800 bits per heavy atom. The Hall–Kier alpha value is -4.06. The second-order valence-electron chi connectivity index (χ2n) is 9.73. The number of hydrogen-bond donors (Lipinski definition) is 4. The van der Waals surface area contributed by atoms with Crippen LogP contribution in [0.15, 0.2) is 89.7 Å². The molecule has 1 fully saturated rings. The van der Waals surface area contributed by atoms with Gasteiger partial charge in [-0.15, -0.1) is 0 Å². The van der Waals surface area contributed by atoms with Crippen LogP contribution >= 0.6 is 0 Å². The standard InChI is InChI=1S/C30H29N3O7/c34-17-24-25(35)26(36)27(37)30(39-24)40-29-22(15-20-12-7-13-38-20)32-28-21(14-18-8-3-1-4-9-18)31-23(16-33(28)29)19-10-5-2-6-11-19/h1-13,16,24-27,30,34-37H,14-15,17H2/t24-,25-,26+,27-,30-/m1/s1. The Balaban J connectivity index is 1.50. The summed E-state index contributed by atoms with van der Waals surface area (Å²) in [6.07, 6.45) is -3.04. The van der Waals surface area contributed by atoms with Gasteiger partial charge in [0.1, 0.15) is 35.9 Å². The summed E-state index contributed by atoms with van der Waals surface area (Å²) in [6, 6.07) is 23.2. The van der Waals surface area contributed by atoms with Crippen LogP contribution in [0.5, 0.6) is 5.88 Å². The fourth-order valence-corrected chi connectivity index (χ4v) is 4.88. The molecule has 0 bridgehead atoms. The lowest BCUT2D eigenvalue weighted by Crippen LogP contribution is -2.60. The zero-order valence-corrected chi connectivity index (χ0v) is 21.4. The maximum Gasteiger partial charge on any atom is 0.231 e. The van der Waals surface area contributed by atoms with Crippen LogP contribution in [0.4, 0.5) is 0 Å². The maximum absolute atomic E-state index is 10.7. The lowest BCUT2D eigenvalue weighted by Gasteiger charge is -2.39. The Morgan fingerprint density at radius 3 is 2.25 bits per heavy atom. The molecule has 1 saturated heterocycles. The quantitative estimate of drug-likeness (QED) is 0.232. The van der Waals surface area contributed by atoms with Gasteiger partial charge in [-0.1, -0.05) is 60.7 Å². The number of nitrogens with zero attached hydrogens (tertiary/aromatic N) is 3. The largest absolute Gasteiger partial charge is 0.469 e. The summed E-state index contributed by atoms with van der Waals surface area (Å²) in [7, 11) is 0. The monoisotopic (exact) mass is 543 g/mol. The molecule has 2 aromatic carbocycles. The number of furan rings is 1. The molecule has 0 spiro atoms. The van der Waals surface area contributed by atoms with Crippen molar-refractivity contribution < 1.29 is 34.3 Å². The highest BCUT2D eigenvalue weighted by Crippen LogP contribution is 2.32. The zero-order chi connectivity index (χ0) is 27.6. The van der Waals surface area contributed by atoms with Crippen LogP contribution in [0.1, 0.15) is 22.7 Å². The molecular weight excluding hydrogens is 514 g/mol. The highest BCUT2D eigenvalue weighted by atomic mass is 16.7. The normalized spacial score (nSPS) is 22.9. The van der Waals surface area contributed by atoms with Gasteiger partial charge in [0.25, 0.3) is 0 Å². The molecule has 4 heterocycles. The van der Waals surface area contributed by atoms with E-state index in [1.807, 2.05) is 66.7 Å². The summed E-state index contributed by atoms with van der Waals surface area (Å²) in [4.78, 5) is 9.88. The van der Waals surface area contributed by atoms with Crippen LogP contribution in [-0.4, -0.2) is 72.1 Å². The topological polar surface area (TPSA) is 143 Å². The average Bonchev–Trinajstić information content (AvgIpc) is 3.62. The summed E-state index contributed by atoms with van der Waals surface area (Å²) < 4.78 is 19.2. The van der Waals surface area contributed by atoms with Crippen molar-refractivity contribution in [1.29, 1.82) is 0 Å². The van der Waals surface area contributed by atoms with Gasteiger partial charge >= 0.3 is 0 Å². The number of fused-ring (bicyclic) bond motifs is 1. The van der Waals surface area contributed by atoms with Crippen LogP contribution < -0.4 is 4.74 Å². The van der Waals surface area contributed by atoms with Gasteiger partial charge in [-0.2, -0.15) is 0 Å². The molecule has 4 N–H and O–H groups in total. The number of aromatic nitrogens is 3. The first kappa shape index (κ1) is 26.2. The molecule has 3 aromatic heterocycles. The molecule has 5 aromatic rings. The van der Waals surface area contributed by atoms with Crippen molar-refractivity contribution >= 4 is 5.65 Å². The van der Waals surface area contributed by atoms with Gasteiger partial charge in [-0.25, -0.2) is 9.97 Å². The lowest BCUT2D eigenvalue weighted by molar-refractivity contribution is -0.278. The smallest absolute Gasteiger partial charge is 0.231 e. The second-order valence-corrected chi connectivity index (χ2v) is 9.73. The van der Waals surface area contributed by atoms with E-state index in [1.54, 1.807) is 22.9 Å². The van der Waals surface area contributed by atoms with Crippen molar-refractivity contribution in [2.24, 2.45) is 0 Å². The molecule has 1 aliphatic heterocycles. The molecule has 0 saturated carbocycles. The van der Waals surface area contributed by atoms with Crippen LogP contribution in [0, 0.1) is 0 Å². The predicted octanol–water partition coefficient (Wildman–Crippen LogP) is 2.35. The molecule has 0 radical (unpaired) electrons. The van der Waals surface area contributed by atoms with Gasteiger partial charge in [0.05, 0.1) is 30.7 Å². The fourth-order valence-electron chi connectivity index (χ4n) is 4.88. The predicted molar refractivity (Wildman–Crippen MR) is 144 cm³/mol. The molecule has 10 nitrogen and oxygen atoms in total. The van der Waals surface area contributed by atoms with E-state index in [9.17, 15) is 20.4 Å². The minimum atomic E-state index is -1.58. The van der Waals surface area contributed by atoms with E-state index in [-0.39, 0.29) is 12.3 Å². The summed E-state index contributed by atoms with van der Waals surface area (Å²) in [6.45, 7) is -0.569. The van der Waals surface area contributed by atoms with Crippen molar-refractivity contribution in [1.82, 2.24) is 14.4 Å².